The van der Waals surface area contributed by atoms with Gasteiger partial charge in [0, 0.05) is 0 Å². The van der Waals surface area contributed by atoms with E-state index >= 15 is 0 Å². The Morgan fingerprint density at radius 2 is 1.94 bits per heavy atom. The first-order chi connectivity index (χ1) is 8.13. The zero-order chi connectivity index (χ0) is 12.4. The number of hydrogen-bond donors (Lipinski definition) is 1. The molecule has 0 radical (unpaired) electrons. The Morgan fingerprint density at radius 3 is 2.53 bits per heavy atom. The minimum absolute atomic E-state index is 0.0218. The van der Waals surface area contributed by atoms with Crippen molar-refractivity contribution < 1.29 is 9.59 Å². The molecule has 1 unspecified atom stereocenters. The summed E-state index contributed by atoms with van der Waals surface area (Å²) in [6, 6.07) is 0.185. The molecule has 2 rings (SSSR count). The van der Waals surface area contributed by atoms with Gasteiger partial charge >= 0.3 is 0 Å². The Balaban J connectivity index is 1.98. The van der Waals surface area contributed by atoms with E-state index in [0.29, 0.717) is 6.42 Å². The number of hydrogen-bond acceptors (Lipinski definition) is 3. The first kappa shape index (κ1) is 12.4. The SMILES string of the molecule is CCCC1C(=O)NN(C2CCN(C)CC2)C1=O. The molecule has 2 saturated heterocycles. The van der Waals surface area contributed by atoms with Gasteiger partial charge in [0.2, 0.25) is 0 Å². The quantitative estimate of drug-likeness (QED) is 0.724. The average molecular weight is 239 g/mol. The highest BCUT2D eigenvalue weighted by Crippen LogP contribution is 2.22. The van der Waals surface area contributed by atoms with Crippen LogP contribution in [0.1, 0.15) is 32.6 Å². The highest BCUT2D eigenvalue weighted by Gasteiger charge is 2.41. The molecule has 2 aliphatic rings. The van der Waals surface area contributed by atoms with Gasteiger partial charge in [0.15, 0.2) is 0 Å². The van der Waals surface area contributed by atoms with Crippen LogP contribution in [0.4, 0.5) is 0 Å². The Hall–Kier alpha value is -1.10. The third kappa shape index (κ3) is 2.44. The van der Waals surface area contributed by atoms with Crippen molar-refractivity contribution >= 4 is 11.8 Å². The summed E-state index contributed by atoms with van der Waals surface area (Å²) in [4.78, 5) is 26.1. The van der Waals surface area contributed by atoms with Crippen LogP contribution in [0.25, 0.3) is 0 Å². The third-order valence-electron chi connectivity index (χ3n) is 3.71. The maximum absolute atomic E-state index is 12.1. The summed E-state index contributed by atoms with van der Waals surface area (Å²) in [6.07, 6.45) is 3.42. The molecule has 17 heavy (non-hydrogen) atoms. The fourth-order valence-corrected chi connectivity index (χ4v) is 2.60. The van der Waals surface area contributed by atoms with Crippen LogP contribution in [0.3, 0.4) is 0 Å². The lowest BCUT2D eigenvalue weighted by Gasteiger charge is -2.34. The molecule has 2 aliphatic heterocycles. The zero-order valence-corrected chi connectivity index (χ0v) is 10.6. The van der Waals surface area contributed by atoms with Crippen LogP contribution in [0, 0.1) is 5.92 Å². The average Bonchev–Trinajstić information content (AvgIpc) is 2.59. The monoisotopic (exact) mass is 239 g/mol. The summed E-state index contributed by atoms with van der Waals surface area (Å²) < 4.78 is 0. The molecule has 5 heteroatoms. The maximum atomic E-state index is 12.1. The molecule has 2 amide bonds. The van der Waals surface area contributed by atoms with Gasteiger partial charge in [-0.1, -0.05) is 13.3 Å². The van der Waals surface area contributed by atoms with Crippen LogP contribution in [-0.2, 0) is 9.59 Å². The molecule has 0 aromatic rings. The zero-order valence-electron chi connectivity index (χ0n) is 10.6. The van der Waals surface area contributed by atoms with Gasteiger partial charge in [0.25, 0.3) is 11.8 Å². The molecule has 5 nitrogen and oxygen atoms in total. The van der Waals surface area contributed by atoms with E-state index in [1.807, 2.05) is 6.92 Å². The number of rotatable bonds is 3. The summed E-state index contributed by atoms with van der Waals surface area (Å²) in [6.45, 7) is 3.98. The van der Waals surface area contributed by atoms with Gasteiger partial charge in [-0.25, -0.2) is 0 Å². The first-order valence-electron chi connectivity index (χ1n) is 6.45. The van der Waals surface area contributed by atoms with Crippen molar-refractivity contribution in [2.75, 3.05) is 20.1 Å². The van der Waals surface area contributed by atoms with Gasteiger partial charge < -0.3 is 4.90 Å². The molecule has 2 fully saturated rings. The van der Waals surface area contributed by atoms with E-state index < -0.39 is 5.92 Å². The van der Waals surface area contributed by atoms with Crippen LogP contribution in [-0.4, -0.2) is 47.9 Å². The number of piperidine rings is 1. The second-order valence-electron chi connectivity index (χ2n) is 5.06. The third-order valence-corrected chi connectivity index (χ3v) is 3.71. The fourth-order valence-electron chi connectivity index (χ4n) is 2.60. The summed E-state index contributed by atoms with van der Waals surface area (Å²) >= 11 is 0. The largest absolute Gasteiger partial charge is 0.306 e. The minimum atomic E-state index is -0.445. The standard InChI is InChI=1S/C12H21N3O2/c1-3-4-10-11(16)13-15(12(10)17)9-5-7-14(2)8-6-9/h9-10H,3-8H2,1-2H3,(H,13,16). The van der Waals surface area contributed by atoms with E-state index in [2.05, 4.69) is 17.4 Å². The topological polar surface area (TPSA) is 52.7 Å². The molecule has 0 aromatic carbocycles. The number of carbonyl (C=O) groups is 2. The second-order valence-corrected chi connectivity index (χ2v) is 5.06. The first-order valence-corrected chi connectivity index (χ1v) is 6.45. The van der Waals surface area contributed by atoms with E-state index in [1.165, 1.54) is 0 Å². The lowest BCUT2D eigenvalue weighted by atomic mass is 10.0. The van der Waals surface area contributed by atoms with Gasteiger partial charge in [-0.3, -0.25) is 20.0 Å². The fraction of sp³-hybridized carbons (Fsp3) is 0.833. The van der Waals surface area contributed by atoms with E-state index in [4.69, 9.17) is 0 Å². The van der Waals surface area contributed by atoms with Gasteiger partial charge in [-0.15, -0.1) is 0 Å². The van der Waals surface area contributed by atoms with E-state index in [1.54, 1.807) is 5.01 Å². The van der Waals surface area contributed by atoms with Crippen molar-refractivity contribution in [1.82, 2.24) is 15.3 Å². The van der Waals surface area contributed by atoms with Gasteiger partial charge in [-0.2, -0.15) is 0 Å². The van der Waals surface area contributed by atoms with E-state index in [9.17, 15) is 9.59 Å². The predicted molar refractivity (Wildman–Crippen MR) is 63.9 cm³/mol. The van der Waals surface area contributed by atoms with Crippen molar-refractivity contribution in [1.29, 1.82) is 0 Å². The molecule has 96 valence electrons. The van der Waals surface area contributed by atoms with Crippen LogP contribution >= 0.6 is 0 Å². The lowest BCUT2D eigenvalue weighted by molar-refractivity contribution is -0.136. The number of nitrogens with one attached hydrogen (secondary N) is 1. The highest BCUT2D eigenvalue weighted by atomic mass is 16.2. The molecule has 0 spiro atoms. The van der Waals surface area contributed by atoms with Crippen LogP contribution in [0.15, 0.2) is 0 Å². The van der Waals surface area contributed by atoms with Crippen molar-refractivity contribution in [3.05, 3.63) is 0 Å². The number of likely N-dealkylation sites (tertiary alicyclic amines) is 1. The van der Waals surface area contributed by atoms with Crippen LogP contribution in [0.5, 0.6) is 0 Å². The van der Waals surface area contributed by atoms with Crippen molar-refractivity contribution in [3.63, 3.8) is 0 Å². The van der Waals surface area contributed by atoms with Crippen molar-refractivity contribution in [2.45, 2.75) is 38.6 Å². The highest BCUT2D eigenvalue weighted by molar-refractivity contribution is 6.05. The normalized spacial score (nSPS) is 27.6. The second kappa shape index (κ2) is 5.04. The smallest absolute Gasteiger partial charge is 0.253 e. The van der Waals surface area contributed by atoms with E-state index in [0.717, 1.165) is 32.4 Å². The summed E-state index contributed by atoms with van der Waals surface area (Å²) in [7, 11) is 2.08. The Labute approximate surface area is 102 Å². The summed E-state index contributed by atoms with van der Waals surface area (Å²) in [5, 5.41) is 1.59. The van der Waals surface area contributed by atoms with Crippen molar-refractivity contribution in [3.8, 4) is 0 Å². The molecule has 1 N–H and O–H groups in total. The Kier molecular flexibility index (Phi) is 3.66. The number of hydrazine groups is 1. The molecular weight excluding hydrogens is 218 g/mol. The lowest BCUT2D eigenvalue weighted by Crippen LogP contribution is -2.49. The molecule has 0 aromatic heterocycles. The Bertz CT molecular complexity index is 311. The van der Waals surface area contributed by atoms with Gasteiger partial charge in [0.05, 0.1) is 6.04 Å². The minimum Gasteiger partial charge on any atom is -0.306 e. The molecule has 0 saturated carbocycles. The number of amides is 2. The Morgan fingerprint density at radius 1 is 1.29 bits per heavy atom. The van der Waals surface area contributed by atoms with Gasteiger partial charge in [0.1, 0.15) is 5.92 Å². The maximum Gasteiger partial charge on any atom is 0.253 e. The molecule has 2 heterocycles. The predicted octanol–water partition coefficient (Wildman–Crippen LogP) is 0.370. The summed E-state index contributed by atoms with van der Waals surface area (Å²) in [5.41, 5.74) is 2.75. The van der Waals surface area contributed by atoms with Crippen molar-refractivity contribution in [2.24, 2.45) is 5.92 Å². The van der Waals surface area contributed by atoms with Crippen LogP contribution in [0.2, 0.25) is 0 Å². The number of carbonyl (C=O) groups excluding carboxylic acids is 2. The molecule has 1 atom stereocenters. The summed E-state index contributed by atoms with van der Waals surface area (Å²) in [5.74, 6) is -0.582. The van der Waals surface area contributed by atoms with E-state index in [-0.39, 0.29) is 17.9 Å². The van der Waals surface area contributed by atoms with Crippen LogP contribution < -0.4 is 5.43 Å². The molecule has 0 bridgehead atoms. The van der Waals surface area contributed by atoms with Gasteiger partial charge in [-0.05, 0) is 39.4 Å². The molecular formula is C12H21N3O2. The molecule has 0 aliphatic carbocycles. The number of nitrogens with zero attached hydrogens (tertiary/aromatic N) is 2.